The molecule has 1 amide bonds. The molecule has 1 aromatic rings. The zero-order valence-electron chi connectivity index (χ0n) is 12.9. The van der Waals surface area contributed by atoms with Gasteiger partial charge >= 0.3 is 6.18 Å². The van der Waals surface area contributed by atoms with Crippen LogP contribution in [0.5, 0.6) is 0 Å². The van der Waals surface area contributed by atoms with Crippen molar-refractivity contribution in [3.8, 4) is 0 Å². The molecule has 1 aromatic carbocycles. The van der Waals surface area contributed by atoms with E-state index in [0.29, 0.717) is 19.5 Å². The second-order valence-corrected chi connectivity index (χ2v) is 7.49. The number of amides is 1. The number of hydrogen-bond acceptors (Lipinski definition) is 4. The summed E-state index contributed by atoms with van der Waals surface area (Å²) < 4.78 is 62.9. The van der Waals surface area contributed by atoms with Gasteiger partial charge in [0.25, 0.3) is 5.91 Å². The maximum absolute atomic E-state index is 12.6. The third-order valence-electron chi connectivity index (χ3n) is 3.77. The van der Waals surface area contributed by atoms with Crippen LogP contribution in [0.25, 0.3) is 0 Å². The molecule has 0 aromatic heterocycles. The van der Waals surface area contributed by atoms with E-state index in [-0.39, 0.29) is 16.5 Å². The Labute approximate surface area is 138 Å². The molecule has 1 saturated heterocycles. The maximum Gasteiger partial charge on any atom is 0.405 e. The summed E-state index contributed by atoms with van der Waals surface area (Å²) in [6, 6.07) is 4.80. The number of carbonyl (C=O) groups is 1. The highest BCUT2D eigenvalue weighted by molar-refractivity contribution is 7.89. The van der Waals surface area contributed by atoms with E-state index in [4.69, 9.17) is 0 Å². The predicted octanol–water partition coefficient (Wildman–Crippen LogP) is 0.961. The number of rotatable bonds is 5. The number of halogens is 3. The molecule has 0 radical (unpaired) electrons. The molecule has 0 spiro atoms. The van der Waals surface area contributed by atoms with Crippen LogP contribution in [0.4, 0.5) is 13.2 Å². The molecule has 1 aliphatic heterocycles. The van der Waals surface area contributed by atoms with Crippen molar-refractivity contribution in [2.75, 3.05) is 26.7 Å². The van der Waals surface area contributed by atoms with Crippen molar-refractivity contribution >= 4 is 15.9 Å². The fourth-order valence-electron chi connectivity index (χ4n) is 2.39. The number of alkyl halides is 3. The molecule has 24 heavy (non-hydrogen) atoms. The Balaban J connectivity index is 2.18. The van der Waals surface area contributed by atoms with Gasteiger partial charge in [-0.05, 0) is 31.2 Å². The molecule has 10 heteroatoms. The third kappa shape index (κ3) is 4.46. The van der Waals surface area contributed by atoms with Gasteiger partial charge in [-0.15, -0.1) is 0 Å². The second kappa shape index (κ2) is 7.08. The van der Waals surface area contributed by atoms with Crippen LogP contribution in [-0.4, -0.2) is 57.5 Å². The zero-order chi connectivity index (χ0) is 18.0. The molecular formula is C14H18F3N3O3S. The van der Waals surface area contributed by atoms with Crippen LogP contribution in [-0.2, 0) is 10.0 Å². The quantitative estimate of drug-likeness (QED) is 0.815. The van der Waals surface area contributed by atoms with Crippen LogP contribution in [0.2, 0.25) is 0 Å². The Morgan fingerprint density at radius 2 is 2.12 bits per heavy atom. The normalized spacial score (nSPS) is 18.8. The van der Waals surface area contributed by atoms with Crippen molar-refractivity contribution in [3.05, 3.63) is 29.8 Å². The summed E-state index contributed by atoms with van der Waals surface area (Å²) >= 11 is 0. The third-order valence-corrected chi connectivity index (χ3v) is 5.68. The lowest BCUT2D eigenvalue weighted by atomic mass is 10.2. The summed E-state index contributed by atoms with van der Waals surface area (Å²) in [7, 11) is -2.38. The van der Waals surface area contributed by atoms with Crippen LogP contribution < -0.4 is 10.6 Å². The largest absolute Gasteiger partial charge is 0.405 e. The van der Waals surface area contributed by atoms with Gasteiger partial charge in [-0.3, -0.25) is 4.79 Å². The summed E-state index contributed by atoms with van der Waals surface area (Å²) in [4.78, 5) is 11.6. The lowest BCUT2D eigenvalue weighted by Gasteiger charge is -2.23. The minimum absolute atomic E-state index is 0.128. The molecule has 6 nitrogen and oxygen atoms in total. The summed E-state index contributed by atoms with van der Waals surface area (Å²) in [6.45, 7) is -0.234. The van der Waals surface area contributed by atoms with Gasteiger partial charge < -0.3 is 10.6 Å². The lowest BCUT2D eigenvalue weighted by molar-refractivity contribution is -0.123. The van der Waals surface area contributed by atoms with Gasteiger partial charge in [0.2, 0.25) is 10.0 Å². The summed E-state index contributed by atoms with van der Waals surface area (Å²) in [6.07, 6.45) is -3.86. The van der Waals surface area contributed by atoms with Crippen molar-refractivity contribution in [2.45, 2.75) is 23.5 Å². The average Bonchev–Trinajstić information content (AvgIpc) is 3.05. The number of likely N-dealkylation sites (N-methyl/N-ethyl adjacent to an activating group) is 1. The van der Waals surface area contributed by atoms with Gasteiger partial charge in [0.05, 0.1) is 4.90 Å². The first kappa shape index (κ1) is 18.7. The van der Waals surface area contributed by atoms with Crippen LogP contribution >= 0.6 is 0 Å². The summed E-state index contributed by atoms with van der Waals surface area (Å²) in [5.41, 5.74) is -0.140. The molecule has 0 aliphatic carbocycles. The SMILES string of the molecule is CN(C1CCNC1)S(=O)(=O)c1cccc(C(=O)NCC(F)(F)F)c1. The molecular weight excluding hydrogens is 347 g/mol. The van der Waals surface area contributed by atoms with E-state index in [2.05, 4.69) is 5.32 Å². The van der Waals surface area contributed by atoms with Crippen LogP contribution in [0.1, 0.15) is 16.8 Å². The van der Waals surface area contributed by atoms with Crippen LogP contribution in [0.3, 0.4) is 0 Å². The van der Waals surface area contributed by atoms with Gasteiger partial charge in [0.1, 0.15) is 6.54 Å². The Morgan fingerprint density at radius 3 is 2.71 bits per heavy atom. The summed E-state index contributed by atoms with van der Waals surface area (Å²) in [5, 5.41) is 4.78. The molecule has 134 valence electrons. The topological polar surface area (TPSA) is 78.5 Å². The number of carbonyl (C=O) groups excluding carboxylic acids is 1. The van der Waals surface area contributed by atoms with Crippen molar-refractivity contribution in [3.63, 3.8) is 0 Å². The van der Waals surface area contributed by atoms with Gasteiger partial charge in [-0.2, -0.15) is 17.5 Å². The lowest BCUT2D eigenvalue weighted by Crippen LogP contribution is -2.38. The number of benzene rings is 1. The first-order chi connectivity index (χ1) is 11.1. The van der Waals surface area contributed by atoms with E-state index >= 15 is 0 Å². The molecule has 1 atom stereocenters. The number of hydrogen-bond donors (Lipinski definition) is 2. The van der Waals surface area contributed by atoms with Crippen molar-refractivity contribution in [1.82, 2.24) is 14.9 Å². The maximum atomic E-state index is 12.6. The molecule has 2 N–H and O–H groups in total. The van der Waals surface area contributed by atoms with Gasteiger partial charge in [0, 0.05) is 25.2 Å². The Morgan fingerprint density at radius 1 is 1.42 bits per heavy atom. The van der Waals surface area contributed by atoms with Crippen molar-refractivity contribution in [1.29, 1.82) is 0 Å². The van der Waals surface area contributed by atoms with E-state index in [0.717, 1.165) is 6.07 Å². The van der Waals surface area contributed by atoms with Crippen LogP contribution in [0, 0.1) is 0 Å². The fourth-order valence-corrected chi connectivity index (χ4v) is 3.82. The van der Waals surface area contributed by atoms with Crippen molar-refractivity contribution in [2.24, 2.45) is 0 Å². The number of sulfonamides is 1. The predicted molar refractivity (Wildman–Crippen MR) is 81.1 cm³/mol. The highest BCUT2D eigenvalue weighted by Crippen LogP contribution is 2.20. The van der Waals surface area contributed by atoms with Gasteiger partial charge in [-0.1, -0.05) is 6.07 Å². The Hall–Kier alpha value is -1.65. The standard InChI is InChI=1S/C14H18F3N3O3S/c1-20(11-5-6-18-8-11)24(22,23)12-4-2-3-10(7-12)13(21)19-9-14(15,16)17/h2-4,7,11,18H,5-6,8-9H2,1H3,(H,19,21). The fraction of sp³-hybridized carbons (Fsp3) is 0.500. The Kier molecular flexibility index (Phi) is 5.51. The first-order valence-corrected chi connectivity index (χ1v) is 8.69. The van der Waals surface area contributed by atoms with Gasteiger partial charge in [0.15, 0.2) is 0 Å². The molecule has 1 heterocycles. The zero-order valence-corrected chi connectivity index (χ0v) is 13.7. The highest BCUT2D eigenvalue weighted by atomic mass is 32.2. The first-order valence-electron chi connectivity index (χ1n) is 7.25. The minimum Gasteiger partial charge on any atom is -0.343 e. The molecule has 0 saturated carbocycles. The monoisotopic (exact) mass is 365 g/mol. The smallest absolute Gasteiger partial charge is 0.343 e. The van der Waals surface area contributed by atoms with E-state index in [1.807, 2.05) is 0 Å². The van der Waals surface area contributed by atoms with Gasteiger partial charge in [-0.25, -0.2) is 8.42 Å². The molecule has 1 aliphatic rings. The second-order valence-electron chi connectivity index (χ2n) is 5.49. The average molecular weight is 365 g/mol. The van der Waals surface area contributed by atoms with Crippen molar-refractivity contribution < 1.29 is 26.4 Å². The molecule has 1 fully saturated rings. The molecule has 2 rings (SSSR count). The highest BCUT2D eigenvalue weighted by Gasteiger charge is 2.31. The van der Waals surface area contributed by atoms with E-state index < -0.39 is 28.7 Å². The summed E-state index contributed by atoms with van der Waals surface area (Å²) in [5.74, 6) is -0.977. The van der Waals surface area contributed by atoms with E-state index in [9.17, 15) is 26.4 Å². The minimum atomic E-state index is -4.53. The molecule has 0 bridgehead atoms. The van der Waals surface area contributed by atoms with Crippen LogP contribution in [0.15, 0.2) is 29.2 Å². The number of nitrogens with zero attached hydrogens (tertiary/aromatic N) is 1. The van der Waals surface area contributed by atoms with E-state index in [1.54, 1.807) is 5.32 Å². The van der Waals surface area contributed by atoms with E-state index in [1.165, 1.54) is 29.6 Å². The number of nitrogens with one attached hydrogen (secondary N) is 2. The Bertz CT molecular complexity index is 701. The molecule has 1 unspecified atom stereocenters.